The van der Waals surface area contributed by atoms with Gasteiger partial charge in [0.1, 0.15) is 0 Å². The van der Waals surface area contributed by atoms with Crippen LogP contribution in [-0.2, 0) is 23.2 Å². The molecule has 0 bridgehead atoms. The van der Waals surface area contributed by atoms with Gasteiger partial charge in [0.25, 0.3) is 0 Å². The minimum Gasteiger partial charge on any atom is -0.392 e. The van der Waals surface area contributed by atoms with Gasteiger partial charge in [0.05, 0.1) is 18.0 Å². The topological polar surface area (TPSA) is 84.2 Å². The van der Waals surface area contributed by atoms with Crippen molar-refractivity contribution < 1.29 is 13.5 Å². The Morgan fingerprint density at radius 2 is 2.20 bits per heavy atom. The van der Waals surface area contributed by atoms with E-state index in [1.54, 1.807) is 35.3 Å². The van der Waals surface area contributed by atoms with Gasteiger partial charge in [0, 0.05) is 23.4 Å². The molecule has 1 heterocycles. The molecule has 0 saturated heterocycles. The Balaban J connectivity index is 2.06. The third kappa shape index (κ3) is 3.66. The van der Waals surface area contributed by atoms with E-state index in [2.05, 4.69) is 25.8 Å². The molecule has 6 nitrogen and oxygen atoms in total. The summed E-state index contributed by atoms with van der Waals surface area (Å²) in [5.41, 5.74) is 0.646. The van der Waals surface area contributed by atoms with Crippen LogP contribution < -0.4 is 4.72 Å². The Bertz CT molecular complexity index is 671. The number of hydrogen-bond acceptors (Lipinski definition) is 4. The number of benzene rings is 1. The van der Waals surface area contributed by atoms with E-state index in [1.807, 2.05) is 0 Å². The van der Waals surface area contributed by atoms with Crippen LogP contribution in [0, 0.1) is 0 Å². The third-order valence-corrected chi connectivity index (χ3v) is 5.10. The average molecular weight is 360 g/mol. The molecule has 0 spiro atoms. The molecule has 1 aromatic heterocycles. The number of aliphatic hydroxyl groups excluding tert-OH is 1. The summed E-state index contributed by atoms with van der Waals surface area (Å²) in [6.07, 6.45) is 3.40. The molecule has 0 radical (unpaired) electrons. The van der Waals surface area contributed by atoms with Crippen LogP contribution in [0.5, 0.6) is 0 Å². The number of rotatable bonds is 6. The summed E-state index contributed by atoms with van der Waals surface area (Å²) in [4.78, 5) is 0.148. The van der Waals surface area contributed by atoms with Crippen LogP contribution in [0.3, 0.4) is 0 Å². The number of nitrogens with one attached hydrogen (secondary N) is 1. The van der Waals surface area contributed by atoms with Gasteiger partial charge in [0.15, 0.2) is 0 Å². The molecule has 20 heavy (non-hydrogen) atoms. The van der Waals surface area contributed by atoms with Gasteiger partial charge in [-0.05, 0) is 39.7 Å². The fourth-order valence-corrected chi connectivity index (χ4v) is 3.81. The molecule has 0 aliphatic heterocycles. The first kappa shape index (κ1) is 15.2. The van der Waals surface area contributed by atoms with Crippen molar-refractivity contribution in [3.63, 3.8) is 0 Å². The van der Waals surface area contributed by atoms with E-state index in [4.69, 9.17) is 5.11 Å². The second-order valence-corrected chi connectivity index (χ2v) is 6.68. The quantitative estimate of drug-likeness (QED) is 0.809. The van der Waals surface area contributed by atoms with Crippen LogP contribution in [0.25, 0.3) is 0 Å². The number of sulfonamides is 1. The molecule has 108 valence electrons. The monoisotopic (exact) mass is 359 g/mol. The first-order valence-electron chi connectivity index (χ1n) is 5.89. The van der Waals surface area contributed by atoms with Gasteiger partial charge < -0.3 is 5.11 Å². The summed E-state index contributed by atoms with van der Waals surface area (Å²) in [5.74, 6) is 0. The van der Waals surface area contributed by atoms with E-state index in [1.165, 1.54) is 6.07 Å². The molecule has 0 fully saturated rings. The van der Waals surface area contributed by atoms with Gasteiger partial charge in [0.2, 0.25) is 10.0 Å². The Morgan fingerprint density at radius 1 is 1.40 bits per heavy atom. The van der Waals surface area contributed by atoms with Crippen molar-refractivity contribution in [2.45, 2.75) is 18.0 Å². The molecule has 0 atom stereocenters. The molecule has 0 saturated carbocycles. The van der Waals surface area contributed by atoms with Crippen molar-refractivity contribution in [1.29, 1.82) is 0 Å². The lowest BCUT2D eigenvalue weighted by molar-refractivity contribution is 0.281. The van der Waals surface area contributed by atoms with Crippen LogP contribution in [0.2, 0.25) is 0 Å². The fourth-order valence-electron chi connectivity index (χ4n) is 1.67. The summed E-state index contributed by atoms with van der Waals surface area (Å²) in [6.45, 7) is 0.572. The van der Waals surface area contributed by atoms with Crippen molar-refractivity contribution in [2.75, 3.05) is 6.54 Å². The van der Waals surface area contributed by atoms with E-state index in [0.29, 0.717) is 16.6 Å². The first-order chi connectivity index (χ1) is 9.53. The first-order valence-corrected chi connectivity index (χ1v) is 8.17. The zero-order valence-electron chi connectivity index (χ0n) is 10.5. The molecular weight excluding hydrogens is 346 g/mol. The molecule has 1 aromatic carbocycles. The highest BCUT2D eigenvalue weighted by molar-refractivity contribution is 9.10. The number of aromatic nitrogens is 2. The average Bonchev–Trinajstić information content (AvgIpc) is 2.91. The lowest BCUT2D eigenvalue weighted by Gasteiger charge is -2.09. The molecule has 0 amide bonds. The molecule has 8 heteroatoms. The van der Waals surface area contributed by atoms with Crippen molar-refractivity contribution >= 4 is 26.0 Å². The molecule has 2 aromatic rings. The molecular formula is C12H14BrN3O3S. The highest BCUT2D eigenvalue weighted by atomic mass is 79.9. The highest BCUT2D eigenvalue weighted by Crippen LogP contribution is 2.23. The smallest absolute Gasteiger partial charge is 0.241 e. The Morgan fingerprint density at radius 3 is 2.80 bits per heavy atom. The normalized spacial score (nSPS) is 11.7. The standard InChI is InChI=1S/C12H14BrN3O3S/c13-11-8-10(9-17)2-3-12(11)20(18,19)15-5-7-16-6-1-4-14-16/h1-4,6,8,15,17H,5,7,9H2. The minimum absolute atomic E-state index is 0.133. The van der Waals surface area contributed by atoms with Crippen LogP contribution in [0.1, 0.15) is 5.56 Å². The molecule has 0 unspecified atom stereocenters. The summed E-state index contributed by atoms with van der Waals surface area (Å²) < 4.78 is 28.9. The van der Waals surface area contributed by atoms with E-state index in [9.17, 15) is 8.42 Å². The van der Waals surface area contributed by atoms with Gasteiger partial charge in [-0.2, -0.15) is 5.10 Å². The number of nitrogens with zero attached hydrogens (tertiary/aromatic N) is 2. The maximum absolute atomic E-state index is 12.1. The summed E-state index contributed by atoms with van der Waals surface area (Å²) in [5, 5.41) is 13.0. The van der Waals surface area contributed by atoms with Crippen molar-refractivity contribution in [3.8, 4) is 0 Å². The van der Waals surface area contributed by atoms with Crippen molar-refractivity contribution in [2.24, 2.45) is 0 Å². The lowest BCUT2D eigenvalue weighted by atomic mass is 10.2. The van der Waals surface area contributed by atoms with Crippen molar-refractivity contribution in [3.05, 3.63) is 46.7 Å². The summed E-state index contributed by atoms with van der Waals surface area (Å²) >= 11 is 3.21. The lowest BCUT2D eigenvalue weighted by Crippen LogP contribution is -2.27. The molecule has 0 aliphatic carbocycles. The van der Waals surface area contributed by atoms with Gasteiger partial charge in [-0.15, -0.1) is 0 Å². The summed E-state index contributed by atoms with van der Waals surface area (Å²) in [7, 11) is -3.59. The second kappa shape index (κ2) is 6.49. The largest absolute Gasteiger partial charge is 0.392 e. The number of halogens is 1. The van der Waals surface area contributed by atoms with Crippen molar-refractivity contribution in [1.82, 2.24) is 14.5 Å². The zero-order chi connectivity index (χ0) is 14.6. The minimum atomic E-state index is -3.59. The molecule has 0 aliphatic rings. The van der Waals surface area contributed by atoms with E-state index >= 15 is 0 Å². The maximum Gasteiger partial charge on any atom is 0.241 e. The van der Waals surface area contributed by atoms with Gasteiger partial charge >= 0.3 is 0 Å². The maximum atomic E-state index is 12.1. The van der Waals surface area contributed by atoms with Crippen LogP contribution >= 0.6 is 15.9 Å². The van der Waals surface area contributed by atoms with Crippen LogP contribution in [0.15, 0.2) is 46.0 Å². The Hall–Kier alpha value is -1.22. The third-order valence-electron chi connectivity index (χ3n) is 2.66. The van der Waals surface area contributed by atoms with Gasteiger partial charge in [-0.1, -0.05) is 6.07 Å². The fraction of sp³-hybridized carbons (Fsp3) is 0.250. The zero-order valence-corrected chi connectivity index (χ0v) is 12.9. The molecule has 2 N–H and O–H groups in total. The second-order valence-electron chi connectivity index (χ2n) is 4.09. The number of aliphatic hydroxyl groups is 1. The van der Waals surface area contributed by atoms with E-state index in [-0.39, 0.29) is 18.0 Å². The molecule has 2 rings (SSSR count). The van der Waals surface area contributed by atoms with Crippen LogP contribution in [-0.4, -0.2) is 29.8 Å². The summed E-state index contributed by atoms with van der Waals surface area (Å²) in [6, 6.07) is 6.40. The van der Waals surface area contributed by atoms with Gasteiger partial charge in [-0.25, -0.2) is 13.1 Å². The predicted molar refractivity (Wildman–Crippen MR) is 77.5 cm³/mol. The van der Waals surface area contributed by atoms with Gasteiger partial charge in [-0.3, -0.25) is 4.68 Å². The van der Waals surface area contributed by atoms with Crippen LogP contribution in [0.4, 0.5) is 0 Å². The highest BCUT2D eigenvalue weighted by Gasteiger charge is 2.17. The van der Waals surface area contributed by atoms with E-state index < -0.39 is 10.0 Å². The van der Waals surface area contributed by atoms with E-state index in [0.717, 1.165) is 0 Å². The predicted octanol–water partition coefficient (Wildman–Crippen LogP) is 1.12. The SMILES string of the molecule is O=S(=O)(NCCn1cccn1)c1ccc(CO)cc1Br. The Labute approximate surface area is 125 Å². The Kier molecular flexibility index (Phi) is 4.92. The number of hydrogen-bond donors (Lipinski definition) is 2.